The van der Waals surface area contributed by atoms with Crippen LogP contribution >= 0.6 is 0 Å². The van der Waals surface area contributed by atoms with E-state index in [1.165, 1.54) is 17.2 Å². The number of carboxylic acid groups (broad SMARTS) is 1. The Kier molecular flexibility index (Phi) is 4.51. The largest absolute Gasteiger partial charge is 0.478 e. The fourth-order valence-electron chi connectivity index (χ4n) is 2.36. The lowest BCUT2D eigenvalue weighted by atomic mass is 9.86. The maximum absolute atomic E-state index is 10.7. The predicted octanol–water partition coefficient (Wildman–Crippen LogP) is 5.14. The molecule has 0 saturated carbocycles. The number of carbonyl (C=O) groups is 1. The molecule has 0 aliphatic carbocycles. The quantitative estimate of drug-likeness (QED) is 0.796. The molecule has 0 heterocycles. The second-order valence-electron chi connectivity index (χ2n) is 6.57. The van der Waals surface area contributed by atoms with Gasteiger partial charge in [0.2, 0.25) is 0 Å². The first-order valence-electron chi connectivity index (χ1n) is 7.40. The first-order valence-corrected chi connectivity index (χ1v) is 7.40. The molecule has 0 spiro atoms. The Bertz CT molecular complexity index is 684. The normalized spacial score (nSPS) is 12.3. The van der Waals surface area contributed by atoms with Gasteiger partial charge in [-0.3, -0.25) is 0 Å². The van der Waals surface area contributed by atoms with Gasteiger partial charge in [-0.2, -0.15) is 0 Å². The van der Waals surface area contributed by atoms with E-state index in [1.807, 2.05) is 24.3 Å². The molecule has 0 fully saturated rings. The molecule has 0 bridgehead atoms. The van der Waals surface area contributed by atoms with Gasteiger partial charge in [0.1, 0.15) is 0 Å². The van der Waals surface area contributed by atoms with Gasteiger partial charge < -0.3 is 5.11 Å². The Balaban J connectivity index is 2.26. The number of aliphatic carboxylic acids is 1. The summed E-state index contributed by atoms with van der Waals surface area (Å²) in [5.41, 5.74) is 5.45. The molecule has 0 unspecified atom stereocenters. The van der Waals surface area contributed by atoms with Crippen molar-refractivity contribution in [2.24, 2.45) is 0 Å². The monoisotopic (exact) mass is 294 g/mol. The minimum absolute atomic E-state index is 0.154. The second kappa shape index (κ2) is 6.18. The molecule has 2 nitrogen and oxygen atoms in total. The van der Waals surface area contributed by atoms with Gasteiger partial charge in [0.05, 0.1) is 0 Å². The van der Waals surface area contributed by atoms with Crippen LogP contribution in [0.4, 0.5) is 0 Å². The molecule has 1 N–H and O–H groups in total. The second-order valence-corrected chi connectivity index (χ2v) is 6.57. The molecular weight excluding hydrogens is 272 g/mol. The molecule has 2 heteroatoms. The van der Waals surface area contributed by atoms with Gasteiger partial charge in [-0.25, -0.2) is 4.79 Å². The first kappa shape index (κ1) is 16.0. The van der Waals surface area contributed by atoms with Crippen molar-refractivity contribution in [2.45, 2.75) is 33.1 Å². The van der Waals surface area contributed by atoms with E-state index < -0.39 is 5.97 Å². The van der Waals surface area contributed by atoms with Crippen molar-refractivity contribution in [3.05, 3.63) is 65.7 Å². The van der Waals surface area contributed by atoms with E-state index in [9.17, 15) is 4.79 Å². The highest BCUT2D eigenvalue weighted by Crippen LogP contribution is 2.27. The molecule has 0 radical (unpaired) electrons. The molecule has 114 valence electrons. The summed E-state index contributed by atoms with van der Waals surface area (Å²) < 4.78 is 0. The molecule has 0 atom stereocenters. The molecule has 2 rings (SSSR count). The highest BCUT2D eigenvalue weighted by Gasteiger charge is 2.13. The summed E-state index contributed by atoms with van der Waals surface area (Å²) in [4.78, 5) is 10.7. The van der Waals surface area contributed by atoms with Crippen LogP contribution in [0.5, 0.6) is 0 Å². The Labute approximate surface area is 132 Å². The zero-order valence-corrected chi connectivity index (χ0v) is 13.6. The Hall–Kier alpha value is -2.35. The molecule has 0 aromatic heterocycles. The summed E-state index contributed by atoms with van der Waals surface area (Å²) in [6.07, 6.45) is 1.23. The topological polar surface area (TPSA) is 37.3 Å². The van der Waals surface area contributed by atoms with Gasteiger partial charge in [-0.15, -0.1) is 0 Å². The van der Waals surface area contributed by atoms with E-state index in [2.05, 4.69) is 45.0 Å². The number of rotatable bonds is 3. The summed E-state index contributed by atoms with van der Waals surface area (Å²) in [7, 11) is 0. The van der Waals surface area contributed by atoms with Crippen molar-refractivity contribution in [1.29, 1.82) is 0 Å². The number of benzene rings is 2. The average molecular weight is 294 g/mol. The summed E-state index contributed by atoms with van der Waals surface area (Å²) in [5, 5.41) is 8.79. The van der Waals surface area contributed by atoms with Crippen molar-refractivity contribution >= 4 is 11.5 Å². The number of carboxylic acids is 1. The van der Waals surface area contributed by atoms with Gasteiger partial charge >= 0.3 is 5.97 Å². The van der Waals surface area contributed by atoms with E-state index in [4.69, 9.17) is 5.11 Å². The Morgan fingerprint density at radius 2 is 1.36 bits per heavy atom. The fourth-order valence-corrected chi connectivity index (χ4v) is 2.36. The predicted molar refractivity (Wildman–Crippen MR) is 91.9 cm³/mol. The van der Waals surface area contributed by atoms with Gasteiger partial charge in [0, 0.05) is 6.08 Å². The van der Waals surface area contributed by atoms with Crippen LogP contribution in [0.2, 0.25) is 0 Å². The third kappa shape index (κ3) is 3.85. The maximum atomic E-state index is 10.7. The summed E-state index contributed by atoms with van der Waals surface area (Å²) in [6.45, 7) is 8.42. The molecule has 0 aliphatic rings. The van der Waals surface area contributed by atoms with Gasteiger partial charge in [0.25, 0.3) is 0 Å². The lowest BCUT2D eigenvalue weighted by Crippen LogP contribution is -2.10. The molecule has 2 aromatic carbocycles. The van der Waals surface area contributed by atoms with Crippen LogP contribution in [-0.4, -0.2) is 11.1 Å². The van der Waals surface area contributed by atoms with Crippen molar-refractivity contribution in [2.75, 3.05) is 0 Å². The van der Waals surface area contributed by atoms with Crippen molar-refractivity contribution in [3.8, 4) is 11.1 Å². The van der Waals surface area contributed by atoms with E-state index >= 15 is 0 Å². The zero-order valence-electron chi connectivity index (χ0n) is 13.6. The molecule has 22 heavy (non-hydrogen) atoms. The highest BCUT2D eigenvalue weighted by atomic mass is 16.4. The SMILES string of the molecule is C/C(=C/C(=O)O)c1ccc(-c2ccc(C(C)(C)C)cc2)cc1. The third-order valence-electron chi connectivity index (χ3n) is 3.76. The molecule has 0 aliphatic heterocycles. The highest BCUT2D eigenvalue weighted by molar-refractivity contribution is 5.89. The van der Waals surface area contributed by atoms with Crippen LogP contribution in [0, 0.1) is 0 Å². The molecule has 0 saturated heterocycles. The summed E-state index contributed by atoms with van der Waals surface area (Å²) in [6, 6.07) is 16.6. The van der Waals surface area contributed by atoms with E-state index in [1.54, 1.807) is 6.92 Å². The van der Waals surface area contributed by atoms with Crippen molar-refractivity contribution < 1.29 is 9.90 Å². The van der Waals surface area contributed by atoms with E-state index in [0.717, 1.165) is 16.7 Å². The van der Waals surface area contributed by atoms with Crippen LogP contribution in [0.3, 0.4) is 0 Å². The minimum Gasteiger partial charge on any atom is -0.478 e. The maximum Gasteiger partial charge on any atom is 0.328 e. The average Bonchev–Trinajstić information content (AvgIpc) is 2.46. The number of hydrogen-bond acceptors (Lipinski definition) is 1. The van der Waals surface area contributed by atoms with Crippen molar-refractivity contribution in [3.63, 3.8) is 0 Å². The van der Waals surface area contributed by atoms with Gasteiger partial charge in [-0.1, -0.05) is 69.3 Å². The minimum atomic E-state index is -0.917. The lowest BCUT2D eigenvalue weighted by Gasteiger charge is -2.19. The fraction of sp³-hybridized carbons (Fsp3) is 0.250. The van der Waals surface area contributed by atoms with E-state index in [0.29, 0.717) is 0 Å². The first-order chi connectivity index (χ1) is 10.3. The number of allylic oxidation sites excluding steroid dienone is 1. The van der Waals surface area contributed by atoms with Crippen LogP contribution in [0.1, 0.15) is 38.8 Å². The summed E-state index contributed by atoms with van der Waals surface area (Å²) >= 11 is 0. The summed E-state index contributed by atoms with van der Waals surface area (Å²) in [5.74, 6) is -0.917. The van der Waals surface area contributed by atoms with E-state index in [-0.39, 0.29) is 5.41 Å². The van der Waals surface area contributed by atoms with Crippen molar-refractivity contribution in [1.82, 2.24) is 0 Å². The van der Waals surface area contributed by atoms with Crippen LogP contribution in [0.25, 0.3) is 16.7 Å². The molecular formula is C20H22O2. The van der Waals surface area contributed by atoms with Crippen LogP contribution in [0.15, 0.2) is 54.6 Å². The van der Waals surface area contributed by atoms with Gasteiger partial charge in [-0.05, 0) is 40.2 Å². The molecule has 0 amide bonds. The third-order valence-corrected chi connectivity index (χ3v) is 3.76. The number of hydrogen-bond donors (Lipinski definition) is 1. The molecule has 2 aromatic rings. The standard InChI is InChI=1S/C20H22O2/c1-14(13-19(21)22)15-5-7-16(8-6-15)17-9-11-18(12-10-17)20(2,3)4/h5-13H,1-4H3,(H,21,22)/b14-13-. The lowest BCUT2D eigenvalue weighted by molar-refractivity contribution is -0.131. The Morgan fingerprint density at radius 1 is 0.909 bits per heavy atom. The van der Waals surface area contributed by atoms with Gasteiger partial charge in [0.15, 0.2) is 0 Å². The van der Waals surface area contributed by atoms with Crippen LogP contribution < -0.4 is 0 Å². The zero-order chi connectivity index (χ0) is 16.3. The van der Waals surface area contributed by atoms with Crippen LogP contribution in [-0.2, 0) is 10.2 Å². The Morgan fingerprint density at radius 3 is 1.77 bits per heavy atom. The smallest absolute Gasteiger partial charge is 0.328 e.